The number of ether oxygens (including phenoxy) is 2. The summed E-state index contributed by atoms with van der Waals surface area (Å²) in [5, 5.41) is 0. The predicted molar refractivity (Wildman–Crippen MR) is 61.5 cm³/mol. The summed E-state index contributed by atoms with van der Waals surface area (Å²) in [4.78, 5) is 21.7. The van der Waals surface area contributed by atoms with Crippen LogP contribution in [0.4, 0.5) is 0 Å². The molecular weight excluding hydrogens is 222 g/mol. The van der Waals surface area contributed by atoms with Crippen LogP contribution in [0.3, 0.4) is 0 Å². The number of benzene rings is 1. The van der Waals surface area contributed by atoms with E-state index < -0.39 is 5.91 Å². The normalized spacial score (nSPS) is 9.71. The summed E-state index contributed by atoms with van der Waals surface area (Å²) in [5.74, 6) is -0.254. The molecule has 5 heteroatoms. The summed E-state index contributed by atoms with van der Waals surface area (Å²) in [7, 11) is 0. The largest absolute Gasteiger partial charge is 0.484 e. The lowest BCUT2D eigenvalue weighted by molar-refractivity contribution is -0.142. The summed E-state index contributed by atoms with van der Waals surface area (Å²) in [5.41, 5.74) is 5.77. The number of carbonyl (C=O) groups is 2. The Labute approximate surface area is 99.5 Å². The van der Waals surface area contributed by atoms with Crippen molar-refractivity contribution < 1.29 is 19.1 Å². The fourth-order valence-corrected chi connectivity index (χ4v) is 1.24. The lowest BCUT2D eigenvalue weighted by atomic mass is 10.1. The summed E-state index contributed by atoms with van der Waals surface area (Å²) < 4.78 is 9.91. The Morgan fingerprint density at radius 1 is 1.24 bits per heavy atom. The van der Waals surface area contributed by atoms with Gasteiger partial charge in [-0.25, -0.2) is 0 Å². The molecule has 92 valence electrons. The van der Waals surface area contributed by atoms with E-state index in [4.69, 9.17) is 15.2 Å². The van der Waals surface area contributed by atoms with Gasteiger partial charge in [-0.2, -0.15) is 0 Å². The Hall–Kier alpha value is -2.04. The molecule has 1 amide bonds. The molecule has 0 bridgehead atoms. The Morgan fingerprint density at radius 2 is 1.88 bits per heavy atom. The van der Waals surface area contributed by atoms with Crippen LogP contribution in [-0.2, 0) is 20.7 Å². The third-order valence-corrected chi connectivity index (χ3v) is 1.96. The van der Waals surface area contributed by atoms with Crippen LogP contribution in [0, 0.1) is 0 Å². The van der Waals surface area contributed by atoms with Crippen molar-refractivity contribution in [1.82, 2.24) is 0 Å². The highest BCUT2D eigenvalue weighted by Gasteiger charge is 2.04. The molecule has 0 saturated heterocycles. The first-order chi connectivity index (χ1) is 8.11. The van der Waals surface area contributed by atoms with E-state index in [1.165, 1.54) is 0 Å². The van der Waals surface area contributed by atoms with Gasteiger partial charge in [-0.1, -0.05) is 12.1 Å². The number of rotatable bonds is 6. The lowest BCUT2D eigenvalue weighted by Gasteiger charge is -2.05. The second-order valence-corrected chi connectivity index (χ2v) is 3.38. The van der Waals surface area contributed by atoms with E-state index in [0.29, 0.717) is 12.4 Å². The average molecular weight is 237 g/mol. The van der Waals surface area contributed by atoms with Crippen LogP contribution >= 0.6 is 0 Å². The molecular formula is C12H15NO4. The van der Waals surface area contributed by atoms with Gasteiger partial charge in [0.1, 0.15) is 5.75 Å². The van der Waals surface area contributed by atoms with Gasteiger partial charge in [-0.15, -0.1) is 0 Å². The predicted octanol–water partition coefficient (Wildman–Crippen LogP) is 0.656. The van der Waals surface area contributed by atoms with Gasteiger partial charge < -0.3 is 15.2 Å². The maximum Gasteiger partial charge on any atom is 0.310 e. The molecule has 0 atom stereocenters. The Bertz CT molecular complexity index is 386. The molecule has 0 aromatic heterocycles. The van der Waals surface area contributed by atoms with Gasteiger partial charge in [-0.05, 0) is 24.6 Å². The molecule has 0 aliphatic carbocycles. The quantitative estimate of drug-likeness (QED) is 0.737. The minimum atomic E-state index is -0.527. The molecule has 1 aromatic carbocycles. The average Bonchev–Trinajstić information content (AvgIpc) is 2.28. The second-order valence-electron chi connectivity index (χ2n) is 3.38. The molecule has 0 spiro atoms. The van der Waals surface area contributed by atoms with E-state index in [-0.39, 0.29) is 19.0 Å². The van der Waals surface area contributed by atoms with Crippen molar-refractivity contribution >= 4 is 11.9 Å². The number of primary amides is 1. The fourth-order valence-electron chi connectivity index (χ4n) is 1.24. The lowest BCUT2D eigenvalue weighted by Crippen LogP contribution is -2.20. The highest BCUT2D eigenvalue weighted by molar-refractivity contribution is 5.75. The molecule has 5 nitrogen and oxygen atoms in total. The van der Waals surface area contributed by atoms with Crippen LogP contribution in [0.1, 0.15) is 12.5 Å². The monoisotopic (exact) mass is 237 g/mol. The molecule has 0 unspecified atom stereocenters. The van der Waals surface area contributed by atoms with E-state index in [0.717, 1.165) is 5.56 Å². The molecule has 0 aliphatic rings. The van der Waals surface area contributed by atoms with Crippen LogP contribution in [0.15, 0.2) is 24.3 Å². The summed E-state index contributed by atoms with van der Waals surface area (Å²) >= 11 is 0. The SMILES string of the molecule is CCOC(=O)Cc1ccc(OCC(N)=O)cc1. The van der Waals surface area contributed by atoms with Crippen molar-refractivity contribution in [3.8, 4) is 5.75 Å². The van der Waals surface area contributed by atoms with E-state index in [1.807, 2.05) is 0 Å². The van der Waals surface area contributed by atoms with Gasteiger partial charge >= 0.3 is 5.97 Å². The van der Waals surface area contributed by atoms with Crippen LogP contribution in [0.2, 0.25) is 0 Å². The molecule has 0 aliphatic heterocycles. The van der Waals surface area contributed by atoms with Gasteiger partial charge in [0.25, 0.3) is 5.91 Å². The van der Waals surface area contributed by atoms with Crippen molar-refractivity contribution in [3.05, 3.63) is 29.8 Å². The summed E-state index contributed by atoms with van der Waals surface area (Å²) in [6.45, 7) is 1.98. The first-order valence-corrected chi connectivity index (χ1v) is 5.27. The maximum atomic E-state index is 11.2. The van der Waals surface area contributed by atoms with E-state index in [9.17, 15) is 9.59 Å². The number of esters is 1. The highest BCUT2D eigenvalue weighted by Crippen LogP contribution is 2.12. The molecule has 0 radical (unpaired) electrons. The molecule has 0 saturated carbocycles. The molecule has 0 heterocycles. The van der Waals surface area contributed by atoms with Crippen LogP contribution in [-0.4, -0.2) is 25.1 Å². The zero-order chi connectivity index (χ0) is 12.7. The third kappa shape index (κ3) is 5.01. The van der Waals surface area contributed by atoms with Gasteiger partial charge in [0.2, 0.25) is 0 Å². The summed E-state index contributed by atoms with van der Waals surface area (Å²) in [6.07, 6.45) is 0.226. The van der Waals surface area contributed by atoms with E-state index in [1.54, 1.807) is 31.2 Å². The van der Waals surface area contributed by atoms with Crippen LogP contribution in [0.5, 0.6) is 5.75 Å². The highest BCUT2D eigenvalue weighted by atomic mass is 16.5. The Kier molecular flexibility index (Phi) is 5.00. The van der Waals surface area contributed by atoms with Gasteiger partial charge in [-0.3, -0.25) is 9.59 Å². The van der Waals surface area contributed by atoms with Crippen molar-refractivity contribution in [2.24, 2.45) is 5.73 Å². The Balaban J connectivity index is 2.49. The minimum Gasteiger partial charge on any atom is -0.484 e. The zero-order valence-corrected chi connectivity index (χ0v) is 9.64. The smallest absolute Gasteiger partial charge is 0.310 e. The molecule has 17 heavy (non-hydrogen) atoms. The van der Waals surface area contributed by atoms with Crippen LogP contribution in [0.25, 0.3) is 0 Å². The molecule has 1 rings (SSSR count). The van der Waals surface area contributed by atoms with Gasteiger partial charge in [0.05, 0.1) is 13.0 Å². The van der Waals surface area contributed by atoms with Crippen LogP contribution < -0.4 is 10.5 Å². The first-order valence-electron chi connectivity index (χ1n) is 5.27. The van der Waals surface area contributed by atoms with E-state index in [2.05, 4.69) is 0 Å². The number of nitrogens with two attached hydrogens (primary N) is 1. The van der Waals surface area contributed by atoms with Crippen molar-refractivity contribution in [2.75, 3.05) is 13.2 Å². The minimum absolute atomic E-state index is 0.156. The molecule has 0 fully saturated rings. The second kappa shape index (κ2) is 6.52. The van der Waals surface area contributed by atoms with Gasteiger partial charge in [0.15, 0.2) is 6.61 Å². The maximum absolute atomic E-state index is 11.2. The number of hydrogen-bond donors (Lipinski definition) is 1. The zero-order valence-electron chi connectivity index (χ0n) is 9.64. The molecule has 1 aromatic rings. The standard InChI is InChI=1S/C12H15NO4/c1-2-16-12(15)7-9-3-5-10(6-4-9)17-8-11(13)14/h3-6H,2,7-8H2,1H3,(H2,13,14). The molecule has 2 N–H and O–H groups in total. The first kappa shape index (κ1) is 13.0. The van der Waals surface area contributed by atoms with E-state index >= 15 is 0 Å². The topological polar surface area (TPSA) is 78.6 Å². The van der Waals surface area contributed by atoms with Crippen molar-refractivity contribution in [1.29, 1.82) is 0 Å². The van der Waals surface area contributed by atoms with Gasteiger partial charge in [0, 0.05) is 0 Å². The third-order valence-electron chi connectivity index (χ3n) is 1.96. The number of amides is 1. The number of hydrogen-bond acceptors (Lipinski definition) is 4. The Morgan fingerprint density at radius 3 is 2.41 bits per heavy atom. The summed E-state index contributed by atoms with van der Waals surface area (Å²) in [6, 6.07) is 6.84. The van der Waals surface area contributed by atoms with Crippen molar-refractivity contribution in [3.63, 3.8) is 0 Å². The van der Waals surface area contributed by atoms with Crippen molar-refractivity contribution in [2.45, 2.75) is 13.3 Å². The fraction of sp³-hybridized carbons (Fsp3) is 0.333. The number of carbonyl (C=O) groups excluding carboxylic acids is 2.